The fourth-order valence-electron chi connectivity index (χ4n) is 2.04. The Kier molecular flexibility index (Phi) is 4.76. The molecule has 0 saturated carbocycles. The van der Waals surface area contributed by atoms with Crippen molar-refractivity contribution in [1.29, 1.82) is 0 Å². The number of ketones is 1. The number of benzene rings is 1. The molecule has 0 amide bonds. The third kappa shape index (κ3) is 3.59. The molecule has 0 spiro atoms. The predicted octanol–water partition coefficient (Wildman–Crippen LogP) is 1.64. The lowest BCUT2D eigenvalue weighted by atomic mass is 10.2. The summed E-state index contributed by atoms with van der Waals surface area (Å²) >= 11 is 0. The van der Waals surface area contributed by atoms with Crippen molar-refractivity contribution in [2.75, 3.05) is 33.3 Å². The number of H-pyrrole nitrogens is 1. The van der Waals surface area contributed by atoms with E-state index in [0.29, 0.717) is 18.8 Å². The van der Waals surface area contributed by atoms with Crippen molar-refractivity contribution in [3.05, 3.63) is 30.0 Å². The number of carbonyl (C=O) groups is 1. The van der Waals surface area contributed by atoms with E-state index in [1.54, 1.807) is 6.92 Å². The first kappa shape index (κ1) is 14.6. The highest BCUT2D eigenvalue weighted by Gasteiger charge is 2.06. The van der Waals surface area contributed by atoms with Gasteiger partial charge in [0.1, 0.15) is 12.4 Å². The molecule has 5 heteroatoms. The molecule has 0 atom stereocenters. The van der Waals surface area contributed by atoms with E-state index in [4.69, 9.17) is 10.5 Å². The van der Waals surface area contributed by atoms with Crippen LogP contribution >= 0.6 is 0 Å². The average Bonchev–Trinajstić information content (AvgIpc) is 2.82. The minimum atomic E-state index is 0.0343. The molecule has 0 aliphatic rings. The number of likely N-dealkylation sites (N-methyl/N-ethyl adjacent to an activating group) is 1. The number of fused-ring (bicyclic) bond motifs is 1. The summed E-state index contributed by atoms with van der Waals surface area (Å²) in [5, 5.41) is 0.989. The van der Waals surface area contributed by atoms with Crippen molar-refractivity contribution in [3.63, 3.8) is 0 Å². The molecule has 0 radical (unpaired) electrons. The number of nitrogens with two attached hydrogens (primary N) is 1. The zero-order valence-electron chi connectivity index (χ0n) is 12.0. The topological polar surface area (TPSA) is 71.3 Å². The van der Waals surface area contributed by atoms with Gasteiger partial charge in [0, 0.05) is 37.5 Å². The van der Waals surface area contributed by atoms with Crippen molar-refractivity contribution in [2.45, 2.75) is 6.92 Å². The highest BCUT2D eigenvalue weighted by molar-refractivity contribution is 5.98. The van der Waals surface area contributed by atoms with Gasteiger partial charge in [-0.3, -0.25) is 4.79 Å². The third-order valence-corrected chi connectivity index (χ3v) is 3.22. The van der Waals surface area contributed by atoms with Gasteiger partial charge >= 0.3 is 0 Å². The Morgan fingerprint density at radius 1 is 1.35 bits per heavy atom. The number of nitrogens with one attached hydrogen (secondary N) is 1. The van der Waals surface area contributed by atoms with Crippen LogP contribution in [0, 0.1) is 0 Å². The van der Waals surface area contributed by atoms with Crippen molar-refractivity contribution in [2.24, 2.45) is 5.73 Å². The van der Waals surface area contributed by atoms with Crippen molar-refractivity contribution in [3.8, 4) is 5.75 Å². The van der Waals surface area contributed by atoms with Gasteiger partial charge in [0.05, 0.1) is 5.69 Å². The molecule has 0 bridgehead atoms. The number of hydrogen-bond acceptors (Lipinski definition) is 4. The van der Waals surface area contributed by atoms with Gasteiger partial charge in [0.2, 0.25) is 0 Å². The molecule has 0 unspecified atom stereocenters. The zero-order valence-corrected chi connectivity index (χ0v) is 12.0. The molecule has 108 valence electrons. The molecule has 1 aromatic heterocycles. The lowest BCUT2D eigenvalue weighted by Gasteiger charge is -2.15. The maximum Gasteiger partial charge on any atom is 0.175 e. The summed E-state index contributed by atoms with van der Waals surface area (Å²) < 4.78 is 5.72. The van der Waals surface area contributed by atoms with Gasteiger partial charge < -0.3 is 20.4 Å². The monoisotopic (exact) mass is 275 g/mol. The number of ether oxygens (including phenoxy) is 1. The predicted molar refractivity (Wildman–Crippen MR) is 80.3 cm³/mol. The number of aromatic nitrogens is 1. The molecule has 20 heavy (non-hydrogen) atoms. The van der Waals surface area contributed by atoms with Crippen LogP contribution in [0.4, 0.5) is 0 Å². The van der Waals surface area contributed by atoms with E-state index in [9.17, 15) is 4.79 Å². The van der Waals surface area contributed by atoms with Crippen LogP contribution in [0.3, 0.4) is 0 Å². The van der Waals surface area contributed by atoms with Crippen LogP contribution in [0.15, 0.2) is 24.3 Å². The standard InChI is InChI=1S/C15H21N3O2/c1-11(19)15-10-12-9-13(3-4-14(12)17-15)20-8-7-18(2)6-5-16/h3-4,9-10,17H,5-8,16H2,1-2H3. The zero-order chi connectivity index (χ0) is 14.5. The molecule has 1 heterocycles. The second-order valence-corrected chi connectivity index (χ2v) is 4.93. The van der Waals surface area contributed by atoms with E-state index < -0.39 is 0 Å². The Labute approximate surface area is 118 Å². The van der Waals surface area contributed by atoms with Crippen LogP contribution in [-0.4, -0.2) is 49.0 Å². The van der Waals surface area contributed by atoms with Crippen molar-refractivity contribution in [1.82, 2.24) is 9.88 Å². The first-order valence-electron chi connectivity index (χ1n) is 6.75. The van der Waals surface area contributed by atoms with Gasteiger partial charge in [-0.2, -0.15) is 0 Å². The van der Waals surface area contributed by atoms with Crippen LogP contribution in [0.1, 0.15) is 17.4 Å². The van der Waals surface area contributed by atoms with Gasteiger partial charge in [0.15, 0.2) is 5.78 Å². The summed E-state index contributed by atoms with van der Waals surface area (Å²) in [6.45, 7) is 4.52. The summed E-state index contributed by atoms with van der Waals surface area (Å²) in [4.78, 5) is 16.5. The lowest BCUT2D eigenvalue weighted by Crippen LogP contribution is -2.29. The molecule has 0 aliphatic heterocycles. The maximum absolute atomic E-state index is 11.3. The molecule has 0 fully saturated rings. The second-order valence-electron chi connectivity index (χ2n) is 4.93. The number of hydrogen-bond donors (Lipinski definition) is 2. The quantitative estimate of drug-likeness (QED) is 0.754. The van der Waals surface area contributed by atoms with Gasteiger partial charge in [-0.25, -0.2) is 0 Å². The van der Waals surface area contributed by atoms with Crippen molar-refractivity contribution >= 4 is 16.7 Å². The number of nitrogens with zero attached hydrogens (tertiary/aromatic N) is 1. The van der Waals surface area contributed by atoms with E-state index in [-0.39, 0.29) is 5.78 Å². The number of rotatable bonds is 7. The summed E-state index contributed by atoms with van der Waals surface area (Å²) in [5.41, 5.74) is 7.06. The smallest absolute Gasteiger partial charge is 0.175 e. The molecule has 3 N–H and O–H groups in total. The molecule has 2 aromatic rings. The fraction of sp³-hybridized carbons (Fsp3) is 0.400. The second kappa shape index (κ2) is 6.54. The number of carbonyl (C=O) groups excluding carboxylic acids is 1. The Hall–Kier alpha value is -1.85. The highest BCUT2D eigenvalue weighted by Crippen LogP contribution is 2.21. The lowest BCUT2D eigenvalue weighted by molar-refractivity contribution is 0.101. The Balaban J connectivity index is 1.99. The molecular weight excluding hydrogens is 254 g/mol. The van der Waals surface area contributed by atoms with Crippen LogP contribution in [0.5, 0.6) is 5.75 Å². The van der Waals surface area contributed by atoms with E-state index in [1.165, 1.54) is 0 Å². The molecular formula is C15H21N3O2. The van der Waals surface area contributed by atoms with Gasteiger partial charge in [0.25, 0.3) is 0 Å². The normalized spacial score (nSPS) is 11.2. The van der Waals surface area contributed by atoms with E-state index in [2.05, 4.69) is 9.88 Å². The summed E-state index contributed by atoms with van der Waals surface area (Å²) in [7, 11) is 2.02. The van der Waals surface area contributed by atoms with E-state index in [0.717, 1.165) is 29.7 Å². The highest BCUT2D eigenvalue weighted by atomic mass is 16.5. The summed E-state index contributed by atoms with van der Waals surface area (Å²) in [6, 6.07) is 7.64. The van der Waals surface area contributed by atoms with Gasteiger partial charge in [-0.1, -0.05) is 0 Å². The van der Waals surface area contributed by atoms with E-state index in [1.807, 2.05) is 31.3 Å². The Morgan fingerprint density at radius 3 is 2.85 bits per heavy atom. The SMILES string of the molecule is CC(=O)c1cc2cc(OCCN(C)CCN)ccc2[nH]1. The van der Waals surface area contributed by atoms with Crippen LogP contribution in [0.25, 0.3) is 10.9 Å². The largest absolute Gasteiger partial charge is 0.492 e. The number of Topliss-reactive ketones (excluding diaryl/α,β-unsaturated/α-hetero) is 1. The molecule has 5 nitrogen and oxygen atoms in total. The van der Waals surface area contributed by atoms with E-state index >= 15 is 0 Å². The third-order valence-electron chi connectivity index (χ3n) is 3.22. The van der Waals surface area contributed by atoms with Crippen molar-refractivity contribution < 1.29 is 9.53 Å². The minimum absolute atomic E-state index is 0.0343. The van der Waals surface area contributed by atoms with Gasteiger partial charge in [-0.05, 0) is 31.3 Å². The minimum Gasteiger partial charge on any atom is -0.492 e. The molecule has 2 rings (SSSR count). The van der Waals surface area contributed by atoms with Gasteiger partial charge in [-0.15, -0.1) is 0 Å². The molecule has 0 aliphatic carbocycles. The van der Waals surface area contributed by atoms with Crippen LogP contribution in [-0.2, 0) is 0 Å². The fourth-order valence-corrected chi connectivity index (χ4v) is 2.04. The summed E-state index contributed by atoms with van der Waals surface area (Å²) in [5.74, 6) is 0.847. The average molecular weight is 275 g/mol. The Morgan fingerprint density at radius 2 is 2.15 bits per heavy atom. The summed E-state index contributed by atoms with van der Waals surface area (Å²) in [6.07, 6.45) is 0. The molecule has 0 saturated heterocycles. The first-order chi connectivity index (χ1) is 9.60. The first-order valence-corrected chi connectivity index (χ1v) is 6.75. The molecule has 1 aromatic carbocycles. The Bertz CT molecular complexity index is 592. The van der Waals surface area contributed by atoms with Crippen LogP contribution in [0.2, 0.25) is 0 Å². The number of aromatic amines is 1. The van der Waals surface area contributed by atoms with Crippen LogP contribution < -0.4 is 10.5 Å². The maximum atomic E-state index is 11.3.